The van der Waals surface area contributed by atoms with Crippen molar-refractivity contribution < 1.29 is 33.1 Å². The molecule has 0 saturated carbocycles. The number of furan rings is 1. The van der Waals surface area contributed by atoms with Gasteiger partial charge in [0.1, 0.15) is 24.4 Å². The Hall–Kier alpha value is -5.38. The number of methoxy groups -OCH3 is 1. The predicted octanol–water partition coefficient (Wildman–Crippen LogP) is 5.27. The third kappa shape index (κ3) is 10.9. The van der Waals surface area contributed by atoms with Gasteiger partial charge in [-0.15, -0.1) is 0 Å². The van der Waals surface area contributed by atoms with Gasteiger partial charge in [0.2, 0.25) is 17.6 Å². The van der Waals surface area contributed by atoms with E-state index in [2.05, 4.69) is 16.0 Å². The smallest absolute Gasteiger partial charge is 0.408 e. The fourth-order valence-electron chi connectivity index (χ4n) is 5.01. The van der Waals surface area contributed by atoms with E-state index in [1.165, 1.54) is 6.26 Å². The molecule has 3 aromatic carbocycles. The van der Waals surface area contributed by atoms with Crippen LogP contribution >= 0.6 is 0 Å². The second-order valence-corrected chi connectivity index (χ2v) is 11.6. The molecule has 0 aliphatic carbocycles. The number of rotatable bonds is 16. The minimum Gasteiger partial charge on any atom is -0.497 e. The van der Waals surface area contributed by atoms with Gasteiger partial charge in [-0.25, -0.2) is 4.79 Å². The summed E-state index contributed by atoms with van der Waals surface area (Å²) in [4.78, 5) is 53.9. The number of hydrogen-bond acceptors (Lipinski definition) is 7. The van der Waals surface area contributed by atoms with Gasteiger partial charge < -0.3 is 29.8 Å². The molecule has 3 atom stereocenters. The molecule has 3 N–H and O–H groups in total. The lowest BCUT2D eigenvalue weighted by atomic mass is 9.97. The third-order valence-electron chi connectivity index (χ3n) is 7.44. The molecule has 4 aromatic rings. The SMILES string of the molecule is COc1ccc(C[C@H](NC(=O)OCc2ccccc2)C(=O)N[C@@H](Cc2ccccc2)C(=O)N[C@@H](CC(C)C)C(=O)c2ccco2)cc1. The Kier molecular flexibility index (Phi) is 12.7. The Morgan fingerprint density at radius 2 is 1.21 bits per heavy atom. The van der Waals surface area contributed by atoms with Gasteiger partial charge in [-0.3, -0.25) is 14.4 Å². The molecule has 1 heterocycles. The van der Waals surface area contributed by atoms with Crippen LogP contribution in [-0.4, -0.2) is 48.9 Å². The van der Waals surface area contributed by atoms with E-state index in [1.807, 2.05) is 74.5 Å². The van der Waals surface area contributed by atoms with E-state index in [4.69, 9.17) is 13.9 Å². The number of amides is 3. The van der Waals surface area contributed by atoms with Crippen LogP contribution < -0.4 is 20.7 Å². The Balaban J connectivity index is 1.55. The largest absolute Gasteiger partial charge is 0.497 e. The number of carbonyl (C=O) groups is 4. The maximum absolute atomic E-state index is 13.9. The lowest BCUT2D eigenvalue weighted by Gasteiger charge is -2.26. The van der Waals surface area contributed by atoms with Crippen molar-refractivity contribution in [1.82, 2.24) is 16.0 Å². The summed E-state index contributed by atoms with van der Waals surface area (Å²) in [5.74, 6) is -0.626. The molecule has 4 rings (SSSR count). The first-order valence-corrected chi connectivity index (χ1v) is 15.5. The van der Waals surface area contributed by atoms with Crippen LogP contribution in [0.3, 0.4) is 0 Å². The molecule has 0 fully saturated rings. The molecule has 10 heteroatoms. The second-order valence-electron chi connectivity index (χ2n) is 11.6. The minimum absolute atomic E-state index is 0.0174. The fraction of sp³-hybridized carbons (Fsp3) is 0.297. The zero-order chi connectivity index (χ0) is 33.6. The number of benzene rings is 3. The van der Waals surface area contributed by atoms with Crippen LogP contribution in [0, 0.1) is 5.92 Å². The summed E-state index contributed by atoms with van der Waals surface area (Å²) in [6.45, 7) is 3.91. The zero-order valence-corrected chi connectivity index (χ0v) is 26.8. The van der Waals surface area contributed by atoms with Crippen molar-refractivity contribution >= 4 is 23.7 Å². The summed E-state index contributed by atoms with van der Waals surface area (Å²) in [7, 11) is 1.56. The summed E-state index contributed by atoms with van der Waals surface area (Å²) in [5, 5.41) is 8.37. The molecular weight excluding hydrogens is 598 g/mol. The standard InChI is InChI=1S/C37H41N3O7/c1-25(2)21-30(34(41)33-15-10-20-46-33)38-35(42)31(22-26-11-6-4-7-12-26)39-36(43)32(23-27-16-18-29(45-3)19-17-27)40-37(44)47-24-28-13-8-5-9-14-28/h4-20,25,30-32H,21-24H2,1-3H3,(H,38,42)(H,39,43)(H,40,44)/t30-,31-,32-/m0/s1. The van der Waals surface area contributed by atoms with E-state index in [9.17, 15) is 19.2 Å². The van der Waals surface area contributed by atoms with Crippen molar-refractivity contribution in [3.05, 3.63) is 126 Å². The van der Waals surface area contributed by atoms with Crippen LogP contribution in [0.5, 0.6) is 5.75 Å². The van der Waals surface area contributed by atoms with Gasteiger partial charge in [0, 0.05) is 12.8 Å². The highest BCUT2D eigenvalue weighted by molar-refractivity contribution is 6.01. The van der Waals surface area contributed by atoms with E-state index >= 15 is 0 Å². The van der Waals surface area contributed by atoms with Gasteiger partial charge in [0.05, 0.1) is 19.4 Å². The predicted molar refractivity (Wildman–Crippen MR) is 177 cm³/mol. The number of Topliss-reactive ketones (excluding diaryl/α,β-unsaturated/α-hetero) is 1. The van der Waals surface area contributed by atoms with E-state index in [1.54, 1.807) is 43.5 Å². The zero-order valence-electron chi connectivity index (χ0n) is 26.8. The van der Waals surface area contributed by atoms with E-state index in [-0.39, 0.29) is 36.9 Å². The first kappa shape index (κ1) is 34.5. The lowest BCUT2D eigenvalue weighted by Crippen LogP contribution is -2.57. The Morgan fingerprint density at radius 1 is 0.660 bits per heavy atom. The van der Waals surface area contributed by atoms with Crippen LogP contribution in [0.25, 0.3) is 0 Å². The van der Waals surface area contributed by atoms with E-state index < -0.39 is 36.0 Å². The third-order valence-corrected chi connectivity index (χ3v) is 7.44. The molecule has 47 heavy (non-hydrogen) atoms. The molecule has 0 bridgehead atoms. The summed E-state index contributed by atoms with van der Waals surface area (Å²) in [5.41, 5.74) is 2.34. The highest BCUT2D eigenvalue weighted by Crippen LogP contribution is 2.15. The van der Waals surface area contributed by atoms with Gasteiger partial charge in [-0.05, 0) is 53.3 Å². The van der Waals surface area contributed by atoms with Crippen molar-refractivity contribution in [2.45, 2.75) is 57.8 Å². The number of hydrogen-bond donors (Lipinski definition) is 3. The van der Waals surface area contributed by atoms with Crippen LogP contribution in [0.1, 0.15) is 47.5 Å². The molecule has 246 valence electrons. The molecule has 0 saturated heterocycles. The lowest BCUT2D eigenvalue weighted by molar-refractivity contribution is -0.130. The Bertz CT molecular complexity index is 1570. The number of carbonyl (C=O) groups excluding carboxylic acids is 4. The molecule has 0 aliphatic heterocycles. The molecule has 0 aliphatic rings. The normalized spacial score (nSPS) is 12.8. The number of alkyl carbamates (subject to hydrolysis) is 1. The van der Waals surface area contributed by atoms with Crippen molar-refractivity contribution in [1.29, 1.82) is 0 Å². The summed E-state index contributed by atoms with van der Waals surface area (Å²) >= 11 is 0. The average molecular weight is 640 g/mol. The minimum atomic E-state index is -1.09. The van der Waals surface area contributed by atoms with Crippen LogP contribution in [0.15, 0.2) is 108 Å². The van der Waals surface area contributed by atoms with Crippen molar-refractivity contribution in [3.8, 4) is 5.75 Å². The van der Waals surface area contributed by atoms with Crippen LogP contribution in [-0.2, 0) is 33.8 Å². The highest BCUT2D eigenvalue weighted by atomic mass is 16.5. The van der Waals surface area contributed by atoms with Crippen molar-refractivity contribution in [2.75, 3.05) is 7.11 Å². The van der Waals surface area contributed by atoms with Gasteiger partial charge in [-0.2, -0.15) is 0 Å². The number of ether oxygens (including phenoxy) is 2. The maximum atomic E-state index is 13.9. The monoisotopic (exact) mass is 639 g/mol. The average Bonchev–Trinajstić information content (AvgIpc) is 3.62. The first-order valence-electron chi connectivity index (χ1n) is 15.5. The first-order chi connectivity index (χ1) is 22.7. The van der Waals surface area contributed by atoms with Crippen molar-refractivity contribution in [2.24, 2.45) is 5.92 Å². The van der Waals surface area contributed by atoms with Crippen LogP contribution in [0.2, 0.25) is 0 Å². The second kappa shape index (κ2) is 17.4. The van der Waals surface area contributed by atoms with Gasteiger partial charge in [-0.1, -0.05) is 86.6 Å². The van der Waals surface area contributed by atoms with Crippen molar-refractivity contribution in [3.63, 3.8) is 0 Å². The maximum Gasteiger partial charge on any atom is 0.408 e. The fourth-order valence-corrected chi connectivity index (χ4v) is 5.01. The van der Waals surface area contributed by atoms with E-state index in [0.29, 0.717) is 12.2 Å². The number of nitrogens with one attached hydrogen (secondary N) is 3. The molecule has 0 radical (unpaired) electrons. The molecular formula is C37H41N3O7. The van der Waals surface area contributed by atoms with Crippen LogP contribution in [0.4, 0.5) is 4.79 Å². The van der Waals surface area contributed by atoms with Gasteiger partial charge >= 0.3 is 6.09 Å². The molecule has 10 nitrogen and oxygen atoms in total. The van der Waals surface area contributed by atoms with Gasteiger partial charge in [0.15, 0.2) is 5.76 Å². The number of ketones is 1. The highest BCUT2D eigenvalue weighted by Gasteiger charge is 2.31. The Morgan fingerprint density at radius 3 is 1.77 bits per heavy atom. The molecule has 0 spiro atoms. The topological polar surface area (TPSA) is 136 Å². The quantitative estimate of drug-likeness (QED) is 0.142. The summed E-state index contributed by atoms with van der Waals surface area (Å²) in [6, 6.07) is 25.6. The van der Waals surface area contributed by atoms with Gasteiger partial charge in [0.25, 0.3) is 0 Å². The molecule has 1 aromatic heterocycles. The Labute approximate surface area is 274 Å². The summed E-state index contributed by atoms with van der Waals surface area (Å²) < 4.78 is 16.0. The summed E-state index contributed by atoms with van der Waals surface area (Å²) in [6.07, 6.45) is 1.25. The molecule has 3 amide bonds. The van der Waals surface area contributed by atoms with E-state index in [0.717, 1.165) is 16.7 Å². The molecule has 0 unspecified atom stereocenters.